The van der Waals surface area contributed by atoms with Gasteiger partial charge in [0.05, 0.1) is 0 Å². The maximum atomic E-state index is 12.7. The molecule has 3 aromatic rings. The highest BCUT2D eigenvalue weighted by molar-refractivity contribution is 6.06. The Morgan fingerprint density at radius 3 is 1.88 bits per heavy atom. The number of anilines is 2. The Hall–Kier alpha value is -4.67. The van der Waals surface area contributed by atoms with Gasteiger partial charge in [0.25, 0.3) is 0 Å². The van der Waals surface area contributed by atoms with Gasteiger partial charge in [0.15, 0.2) is 0 Å². The molecule has 4 rings (SSSR count). The van der Waals surface area contributed by atoms with Crippen LogP contribution in [0.4, 0.5) is 21.0 Å². The molecule has 0 bridgehead atoms. The van der Waals surface area contributed by atoms with E-state index in [9.17, 15) is 14.7 Å². The normalized spacial score (nSPS) is 14.9. The molecule has 10 heteroatoms. The minimum absolute atomic E-state index is 0.0815. The molecule has 1 aliphatic heterocycles. The molecule has 274 valence electrons. The summed E-state index contributed by atoms with van der Waals surface area (Å²) in [5, 5.41) is 15.5. The summed E-state index contributed by atoms with van der Waals surface area (Å²) in [5.74, 6) is -0.125. The quantitative estimate of drug-likeness (QED) is 0.117. The summed E-state index contributed by atoms with van der Waals surface area (Å²) in [7, 11) is 0. The average Bonchev–Trinajstić information content (AvgIpc) is 3.06. The largest absolute Gasteiger partial charge is 0.444 e. The Labute approximate surface area is 303 Å². The number of benzene rings is 3. The number of piperazine rings is 1. The van der Waals surface area contributed by atoms with Crippen LogP contribution in [-0.4, -0.2) is 78.2 Å². The monoisotopic (exact) mass is 697 g/mol. The van der Waals surface area contributed by atoms with E-state index in [1.807, 2.05) is 42.5 Å². The molecule has 1 aliphatic rings. The summed E-state index contributed by atoms with van der Waals surface area (Å²) in [4.78, 5) is 34.2. The number of nitrogens with zero attached hydrogens (tertiary/aromatic N) is 3. The molecule has 1 saturated heterocycles. The van der Waals surface area contributed by atoms with Gasteiger partial charge in [-0.3, -0.25) is 10.2 Å². The minimum Gasteiger partial charge on any atom is -0.444 e. The zero-order valence-corrected chi connectivity index (χ0v) is 31.5. The van der Waals surface area contributed by atoms with Gasteiger partial charge < -0.3 is 24.8 Å². The van der Waals surface area contributed by atoms with Crippen LogP contribution < -0.4 is 15.5 Å². The third-order valence-electron chi connectivity index (χ3n) is 8.23. The number of aliphatic hydroxyl groups is 1. The Morgan fingerprint density at radius 1 is 0.784 bits per heavy atom. The smallest absolute Gasteiger partial charge is 0.437 e. The molecule has 1 heterocycles. The van der Waals surface area contributed by atoms with Crippen LogP contribution in [0.2, 0.25) is 0 Å². The fourth-order valence-electron chi connectivity index (χ4n) is 5.88. The van der Waals surface area contributed by atoms with Gasteiger partial charge in [-0.05, 0) is 120 Å². The zero-order chi connectivity index (χ0) is 37.2. The molecule has 3 aromatic carbocycles. The highest BCUT2D eigenvalue weighted by Crippen LogP contribution is 2.36. The number of allylic oxidation sites excluding steroid dienone is 1. The molecule has 0 aliphatic carbocycles. The fourth-order valence-corrected chi connectivity index (χ4v) is 5.88. The molecule has 0 unspecified atom stereocenters. The van der Waals surface area contributed by atoms with Crippen molar-refractivity contribution in [2.45, 2.75) is 85.5 Å². The second-order valence-corrected chi connectivity index (χ2v) is 15.0. The molecule has 0 saturated carbocycles. The highest BCUT2D eigenvalue weighted by atomic mass is 16.6. The van der Waals surface area contributed by atoms with Crippen LogP contribution in [0.3, 0.4) is 0 Å². The summed E-state index contributed by atoms with van der Waals surface area (Å²) in [6.07, 6.45) is -0.321. The number of rotatable bonds is 9. The lowest BCUT2D eigenvalue weighted by atomic mass is 9.87. The second kappa shape index (κ2) is 17.5. The van der Waals surface area contributed by atoms with E-state index in [-0.39, 0.29) is 12.6 Å². The van der Waals surface area contributed by atoms with Crippen molar-refractivity contribution in [2.75, 3.05) is 43.0 Å². The number of carbonyl (C=O) groups is 2. The van der Waals surface area contributed by atoms with Crippen LogP contribution in [0.15, 0.2) is 83.9 Å². The molecule has 3 N–H and O–H groups in total. The number of aliphatic imine (C=N–C) groups is 1. The Balaban J connectivity index is 1.70. The minimum atomic E-state index is -0.857. The first-order valence-electron chi connectivity index (χ1n) is 17.8. The zero-order valence-electron chi connectivity index (χ0n) is 31.5. The van der Waals surface area contributed by atoms with E-state index in [4.69, 9.17) is 9.47 Å². The van der Waals surface area contributed by atoms with Gasteiger partial charge in [0.2, 0.25) is 5.96 Å². The molecule has 0 atom stereocenters. The lowest BCUT2D eigenvalue weighted by molar-refractivity contribution is 0.0562. The van der Waals surface area contributed by atoms with E-state index >= 15 is 0 Å². The maximum absolute atomic E-state index is 12.7. The standard InChI is InChI=1S/C41H55N5O5/c1-29(2)45-24-26-46(27-25-45)34-22-18-32(19-23-34)36(35(15-12-28-47)30-13-10-9-11-14-30)31-16-20-33(21-17-31)42-37(43-38(48)50-40(3,4)5)44-39(49)51-41(6,7)8/h9-11,13-14,16-23,29,47H,12,15,24-28H2,1-8H3,(H2,42,43,44,48,49)/b36-35-. The highest BCUT2D eigenvalue weighted by Gasteiger charge is 2.22. The number of hydrogen-bond donors (Lipinski definition) is 3. The van der Waals surface area contributed by atoms with Crippen LogP contribution in [0, 0.1) is 0 Å². The lowest BCUT2D eigenvalue weighted by Crippen LogP contribution is -2.48. The van der Waals surface area contributed by atoms with Crippen LogP contribution in [0.1, 0.15) is 84.9 Å². The molecule has 1 fully saturated rings. The summed E-state index contributed by atoms with van der Waals surface area (Å²) in [6.45, 7) is 19.1. The van der Waals surface area contributed by atoms with Crippen molar-refractivity contribution < 1.29 is 24.2 Å². The Bertz CT molecular complexity index is 1650. The van der Waals surface area contributed by atoms with Crippen LogP contribution in [-0.2, 0) is 9.47 Å². The van der Waals surface area contributed by atoms with Crippen molar-refractivity contribution in [1.29, 1.82) is 0 Å². The first kappa shape index (κ1) is 39.1. The third kappa shape index (κ3) is 12.3. The first-order chi connectivity index (χ1) is 24.1. The van der Waals surface area contributed by atoms with Crippen molar-refractivity contribution in [1.82, 2.24) is 10.2 Å². The van der Waals surface area contributed by atoms with Crippen LogP contribution in [0.5, 0.6) is 0 Å². The van der Waals surface area contributed by atoms with E-state index < -0.39 is 23.4 Å². The number of aliphatic hydroxyl groups excluding tert-OH is 1. The topological polar surface area (TPSA) is 116 Å². The van der Waals surface area contributed by atoms with Crippen molar-refractivity contribution in [2.24, 2.45) is 4.99 Å². The van der Waals surface area contributed by atoms with E-state index in [0.29, 0.717) is 24.6 Å². The third-order valence-corrected chi connectivity index (χ3v) is 8.23. The number of hydrogen-bond acceptors (Lipinski definition) is 7. The molecule has 0 spiro atoms. The predicted molar refractivity (Wildman–Crippen MR) is 207 cm³/mol. The molecule has 10 nitrogen and oxygen atoms in total. The van der Waals surface area contributed by atoms with Gasteiger partial charge in [-0.15, -0.1) is 4.99 Å². The number of amides is 2. The second-order valence-electron chi connectivity index (χ2n) is 15.0. The predicted octanol–water partition coefficient (Wildman–Crippen LogP) is 8.18. The first-order valence-corrected chi connectivity index (χ1v) is 17.8. The average molecular weight is 698 g/mol. The molecular formula is C41H55N5O5. The Morgan fingerprint density at radius 2 is 1.35 bits per heavy atom. The summed E-state index contributed by atoms with van der Waals surface area (Å²) in [6, 6.07) is 27.3. The molecule has 0 aromatic heterocycles. The number of nitrogens with one attached hydrogen (secondary N) is 2. The number of carbonyl (C=O) groups excluding carboxylic acids is 2. The molecule has 2 amide bonds. The molecule has 0 radical (unpaired) electrons. The molecule has 51 heavy (non-hydrogen) atoms. The Kier molecular flexibility index (Phi) is 13.4. The van der Waals surface area contributed by atoms with Gasteiger partial charge in [-0.1, -0.05) is 54.6 Å². The SMILES string of the molecule is CC(C)N1CCN(c2ccc(/C(=C(/CCCO)c3ccccc3)c3ccc(N/C(=N\C(=O)OC(C)(C)C)NC(=O)OC(C)(C)C)cc3)cc2)CC1. The van der Waals surface area contributed by atoms with E-state index in [0.717, 1.165) is 54.0 Å². The lowest BCUT2D eigenvalue weighted by Gasteiger charge is -2.38. The van der Waals surface area contributed by atoms with Gasteiger partial charge in [-0.2, -0.15) is 0 Å². The summed E-state index contributed by atoms with van der Waals surface area (Å²) < 4.78 is 10.8. The maximum Gasteiger partial charge on any atom is 0.437 e. The van der Waals surface area contributed by atoms with Crippen molar-refractivity contribution in [3.63, 3.8) is 0 Å². The van der Waals surface area contributed by atoms with Crippen LogP contribution in [0.25, 0.3) is 11.1 Å². The van der Waals surface area contributed by atoms with Crippen molar-refractivity contribution >= 4 is 40.7 Å². The van der Waals surface area contributed by atoms with Gasteiger partial charge in [0.1, 0.15) is 11.2 Å². The number of ether oxygens (including phenoxy) is 2. The van der Waals surface area contributed by atoms with Crippen molar-refractivity contribution in [3.8, 4) is 0 Å². The van der Waals surface area contributed by atoms with E-state index in [1.54, 1.807) is 41.5 Å². The van der Waals surface area contributed by atoms with E-state index in [1.165, 1.54) is 5.69 Å². The van der Waals surface area contributed by atoms with Gasteiger partial charge in [0, 0.05) is 50.2 Å². The van der Waals surface area contributed by atoms with Gasteiger partial charge in [-0.25, -0.2) is 9.59 Å². The van der Waals surface area contributed by atoms with Crippen molar-refractivity contribution in [3.05, 3.63) is 95.6 Å². The van der Waals surface area contributed by atoms with Crippen LogP contribution >= 0.6 is 0 Å². The van der Waals surface area contributed by atoms with Gasteiger partial charge >= 0.3 is 12.2 Å². The summed E-state index contributed by atoms with van der Waals surface area (Å²) >= 11 is 0. The molecular weight excluding hydrogens is 642 g/mol. The van der Waals surface area contributed by atoms with E-state index in [2.05, 4.69) is 75.7 Å². The fraction of sp³-hybridized carbons (Fsp3) is 0.439. The number of guanidine groups is 1. The summed E-state index contributed by atoms with van der Waals surface area (Å²) in [5.41, 5.74) is 5.59. The number of alkyl carbamates (subject to hydrolysis) is 1.